The van der Waals surface area contributed by atoms with Gasteiger partial charge >= 0.3 is 0 Å². The molecule has 5 aromatic rings. The number of rotatable bonds is 4. The highest BCUT2D eigenvalue weighted by Gasteiger charge is 2.36. The van der Waals surface area contributed by atoms with Gasteiger partial charge in [0.25, 0.3) is 11.5 Å². The summed E-state index contributed by atoms with van der Waals surface area (Å²) >= 11 is 9.78. The molecule has 0 fully saturated rings. The molecule has 38 heavy (non-hydrogen) atoms. The Morgan fingerprint density at radius 1 is 0.895 bits per heavy atom. The lowest BCUT2D eigenvalue weighted by Crippen LogP contribution is -2.27. The molecule has 0 bridgehead atoms. The lowest BCUT2D eigenvalue weighted by atomic mass is 9.91. The van der Waals surface area contributed by atoms with Crippen LogP contribution in [-0.2, 0) is 0 Å². The second-order valence-corrected chi connectivity index (χ2v) is 10.4. The van der Waals surface area contributed by atoms with Crippen molar-refractivity contribution in [3.63, 3.8) is 0 Å². The van der Waals surface area contributed by atoms with Crippen molar-refractivity contribution in [3.8, 4) is 11.1 Å². The molecule has 7 heteroatoms. The number of nitrogens with one attached hydrogen (secondary N) is 1. The first kappa shape index (κ1) is 24.3. The topological polar surface area (TPSA) is 65.5 Å². The van der Waals surface area contributed by atoms with E-state index >= 15 is 0 Å². The van der Waals surface area contributed by atoms with E-state index in [1.807, 2.05) is 78.9 Å². The first-order chi connectivity index (χ1) is 18.5. The molecule has 5 nitrogen and oxygen atoms in total. The summed E-state index contributed by atoms with van der Waals surface area (Å²) < 4.78 is 0.897. The Labute approximate surface area is 232 Å². The number of H-pyrrole nitrogens is 1. The molecule has 4 aromatic carbocycles. The van der Waals surface area contributed by atoms with Crippen molar-refractivity contribution in [3.05, 3.63) is 140 Å². The van der Waals surface area contributed by atoms with E-state index in [0.717, 1.165) is 32.1 Å². The number of benzene rings is 4. The average Bonchev–Trinajstić information content (AvgIpc) is 3.38. The predicted molar refractivity (Wildman–Crippen MR) is 156 cm³/mol. The van der Waals surface area contributed by atoms with E-state index in [1.54, 1.807) is 24.3 Å². The fourth-order valence-electron chi connectivity index (χ4n) is 4.98. The molecule has 0 aliphatic carbocycles. The third-order valence-electron chi connectivity index (χ3n) is 6.70. The normalized spacial score (nSPS) is 15.1. The smallest absolute Gasteiger partial charge is 0.274 e. The van der Waals surface area contributed by atoms with E-state index in [9.17, 15) is 9.59 Å². The van der Waals surface area contributed by atoms with E-state index < -0.39 is 0 Å². The van der Waals surface area contributed by atoms with Crippen molar-refractivity contribution in [1.29, 1.82) is 0 Å². The molecule has 0 radical (unpaired) electrons. The van der Waals surface area contributed by atoms with Gasteiger partial charge in [-0.1, -0.05) is 94.3 Å². The Morgan fingerprint density at radius 3 is 2.37 bits per heavy atom. The zero-order valence-electron chi connectivity index (χ0n) is 20.1. The van der Waals surface area contributed by atoms with Gasteiger partial charge in [0, 0.05) is 37.9 Å². The molecule has 1 N–H and O–H groups in total. The summed E-state index contributed by atoms with van der Waals surface area (Å²) in [5.74, 6) is -0.280. The second-order valence-electron chi connectivity index (χ2n) is 9.10. The molecular weight excluding hydrogens is 562 g/mol. The fourth-order valence-corrected chi connectivity index (χ4v) is 5.53. The Bertz CT molecular complexity index is 1770. The van der Waals surface area contributed by atoms with Crippen LogP contribution >= 0.6 is 27.5 Å². The Balaban J connectivity index is 1.57. The molecule has 0 saturated heterocycles. The summed E-state index contributed by atoms with van der Waals surface area (Å²) in [5, 5.41) is 7.66. The van der Waals surface area contributed by atoms with Gasteiger partial charge < -0.3 is 4.98 Å². The quantitative estimate of drug-likeness (QED) is 0.237. The standard InChI is InChI=1S/C31H21BrClN3O2/c32-22-14-15-25-24(17-22)28(20-10-5-2-6-11-20)29(30(37)34-25)26-18-27(19-8-3-1-4-9-19)36(35-26)31(38)21-12-7-13-23(33)16-21/h1-17,27H,18H2,(H,34,37). The number of hydrazone groups is 1. The van der Waals surface area contributed by atoms with Crippen LogP contribution in [0.15, 0.2) is 117 Å². The van der Waals surface area contributed by atoms with Gasteiger partial charge in [-0.2, -0.15) is 5.10 Å². The lowest BCUT2D eigenvalue weighted by Gasteiger charge is -2.22. The number of halogens is 2. The maximum atomic E-state index is 13.7. The minimum absolute atomic E-state index is 0.249. The number of carbonyl (C=O) groups is 1. The minimum atomic E-state index is -0.376. The highest BCUT2D eigenvalue weighted by atomic mass is 79.9. The number of nitrogens with zero attached hydrogens (tertiary/aromatic N) is 2. The highest BCUT2D eigenvalue weighted by molar-refractivity contribution is 9.10. The van der Waals surface area contributed by atoms with Crippen LogP contribution in [-0.4, -0.2) is 21.6 Å². The van der Waals surface area contributed by atoms with E-state index in [2.05, 4.69) is 20.9 Å². The summed E-state index contributed by atoms with van der Waals surface area (Å²) in [4.78, 5) is 30.4. The summed E-state index contributed by atoms with van der Waals surface area (Å²) in [5.41, 5.74) is 4.54. The predicted octanol–water partition coefficient (Wildman–Crippen LogP) is 7.60. The van der Waals surface area contributed by atoms with Crippen LogP contribution in [0.4, 0.5) is 0 Å². The van der Waals surface area contributed by atoms with Gasteiger partial charge in [0.1, 0.15) is 0 Å². The van der Waals surface area contributed by atoms with E-state index in [1.165, 1.54) is 5.01 Å². The Morgan fingerprint density at radius 2 is 1.63 bits per heavy atom. The number of amides is 1. The van der Waals surface area contributed by atoms with Gasteiger partial charge in [0.2, 0.25) is 0 Å². The fraction of sp³-hybridized carbons (Fsp3) is 0.0645. The molecule has 1 aromatic heterocycles. The summed E-state index contributed by atoms with van der Waals surface area (Å²) in [6.07, 6.45) is 0.388. The van der Waals surface area contributed by atoms with Gasteiger partial charge in [0.05, 0.1) is 17.3 Å². The molecule has 1 atom stereocenters. The number of hydrogen-bond acceptors (Lipinski definition) is 3. The van der Waals surface area contributed by atoms with Gasteiger partial charge in [-0.3, -0.25) is 9.59 Å². The molecule has 1 amide bonds. The van der Waals surface area contributed by atoms with Crippen molar-refractivity contribution >= 4 is 50.1 Å². The Hall–Kier alpha value is -4.00. The first-order valence-corrected chi connectivity index (χ1v) is 13.3. The van der Waals surface area contributed by atoms with Gasteiger partial charge in [-0.15, -0.1) is 0 Å². The van der Waals surface area contributed by atoms with Gasteiger partial charge in [-0.05, 0) is 47.5 Å². The van der Waals surface area contributed by atoms with E-state index in [4.69, 9.17) is 16.7 Å². The molecule has 6 rings (SSSR count). The monoisotopic (exact) mass is 581 g/mol. The van der Waals surface area contributed by atoms with Crippen molar-refractivity contribution in [1.82, 2.24) is 9.99 Å². The zero-order chi connectivity index (χ0) is 26.2. The number of hydrogen-bond donors (Lipinski definition) is 1. The van der Waals surface area contributed by atoms with Gasteiger partial charge in [-0.25, -0.2) is 5.01 Å². The molecule has 186 valence electrons. The zero-order valence-corrected chi connectivity index (χ0v) is 22.4. The van der Waals surface area contributed by atoms with Crippen LogP contribution in [0, 0.1) is 0 Å². The van der Waals surface area contributed by atoms with Crippen molar-refractivity contribution < 1.29 is 4.79 Å². The van der Waals surface area contributed by atoms with Crippen LogP contribution in [0.3, 0.4) is 0 Å². The second kappa shape index (κ2) is 10.0. The molecule has 1 aliphatic rings. The largest absolute Gasteiger partial charge is 0.321 e. The molecule has 1 aliphatic heterocycles. The summed E-state index contributed by atoms with van der Waals surface area (Å²) in [6.45, 7) is 0. The number of carbonyl (C=O) groups excluding carboxylic acids is 1. The first-order valence-electron chi connectivity index (χ1n) is 12.1. The molecular formula is C31H21BrClN3O2. The van der Waals surface area contributed by atoms with Crippen LogP contribution < -0.4 is 5.56 Å². The maximum Gasteiger partial charge on any atom is 0.274 e. The minimum Gasteiger partial charge on any atom is -0.321 e. The highest BCUT2D eigenvalue weighted by Crippen LogP contribution is 2.38. The average molecular weight is 583 g/mol. The van der Waals surface area contributed by atoms with Crippen molar-refractivity contribution in [2.24, 2.45) is 5.10 Å². The number of aromatic nitrogens is 1. The van der Waals surface area contributed by atoms with E-state index in [-0.39, 0.29) is 17.5 Å². The number of fused-ring (bicyclic) bond motifs is 1. The number of aromatic amines is 1. The van der Waals surface area contributed by atoms with Crippen LogP contribution in [0.1, 0.15) is 33.9 Å². The third kappa shape index (κ3) is 4.46. The van der Waals surface area contributed by atoms with Crippen molar-refractivity contribution in [2.75, 3.05) is 0 Å². The molecule has 2 heterocycles. The van der Waals surface area contributed by atoms with Gasteiger partial charge in [0.15, 0.2) is 0 Å². The SMILES string of the molecule is O=C(c1cccc(Cl)c1)N1N=C(c2c(-c3ccccc3)c3cc(Br)ccc3[nH]c2=O)CC1c1ccccc1. The van der Waals surface area contributed by atoms with Crippen LogP contribution in [0.2, 0.25) is 5.02 Å². The summed E-state index contributed by atoms with van der Waals surface area (Å²) in [6, 6.07) is 31.8. The molecule has 0 saturated carbocycles. The Kier molecular flexibility index (Phi) is 6.44. The van der Waals surface area contributed by atoms with E-state index in [0.29, 0.717) is 28.3 Å². The molecule has 0 spiro atoms. The van der Waals surface area contributed by atoms with Crippen LogP contribution in [0.5, 0.6) is 0 Å². The lowest BCUT2D eigenvalue weighted by molar-refractivity contribution is 0.0711. The number of pyridine rings is 1. The molecule has 1 unspecified atom stereocenters. The van der Waals surface area contributed by atoms with Crippen LogP contribution in [0.25, 0.3) is 22.0 Å². The summed E-state index contributed by atoms with van der Waals surface area (Å²) in [7, 11) is 0. The third-order valence-corrected chi connectivity index (χ3v) is 7.43. The van der Waals surface area contributed by atoms with Crippen molar-refractivity contribution in [2.45, 2.75) is 12.5 Å². The maximum absolute atomic E-state index is 13.7.